The summed E-state index contributed by atoms with van der Waals surface area (Å²) in [6, 6.07) is 8.24. The molecular formula is C17H25NO3. The standard InChI is InChI=1S/C17H25NO3/c1-4-20-17(19)18-11-9-14(10-12-18)15-7-5-6-8-16(15)21-13(2)3/h5-8,13-14H,4,9-12H2,1-3H3. The van der Waals surface area contributed by atoms with Gasteiger partial charge < -0.3 is 14.4 Å². The van der Waals surface area contributed by atoms with Crippen molar-refractivity contribution in [2.45, 2.75) is 45.6 Å². The van der Waals surface area contributed by atoms with E-state index in [1.165, 1.54) is 5.56 Å². The molecule has 1 aromatic carbocycles. The summed E-state index contributed by atoms with van der Waals surface area (Å²) >= 11 is 0. The van der Waals surface area contributed by atoms with Crippen LogP contribution in [0, 0.1) is 0 Å². The van der Waals surface area contributed by atoms with Gasteiger partial charge in [-0.15, -0.1) is 0 Å². The van der Waals surface area contributed by atoms with Gasteiger partial charge in [-0.25, -0.2) is 4.79 Å². The molecule has 0 bridgehead atoms. The smallest absolute Gasteiger partial charge is 0.409 e. The molecule has 1 aliphatic rings. The van der Waals surface area contributed by atoms with E-state index in [4.69, 9.17) is 9.47 Å². The maximum atomic E-state index is 11.7. The summed E-state index contributed by atoms with van der Waals surface area (Å²) in [6.45, 7) is 7.85. The molecule has 1 heterocycles. The number of ether oxygens (including phenoxy) is 2. The SMILES string of the molecule is CCOC(=O)N1CCC(c2ccccc2OC(C)C)CC1. The van der Waals surface area contributed by atoms with Crippen LogP contribution in [-0.2, 0) is 4.74 Å². The van der Waals surface area contributed by atoms with E-state index in [2.05, 4.69) is 12.1 Å². The Labute approximate surface area is 127 Å². The summed E-state index contributed by atoms with van der Waals surface area (Å²) in [5, 5.41) is 0. The Morgan fingerprint density at radius 3 is 2.57 bits per heavy atom. The third-order valence-electron chi connectivity index (χ3n) is 3.74. The zero-order valence-corrected chi connectivity index (χ0v) is 13.2. The van der Waals surface area contributed by atoms with E-state index in [1.54, 1.807) is 4.90 Å². The molecule has 116 valence electrons. The lowest BCUT2D eigenvalue weighted by Crippen LogP contribution is -2.38. The van der Waals surface area contributed by atoms with Gasteiger partial charge in [0.2, 0.25) is 0 Å². The first-order chi connectivity index (χ1) is 10.1. The average molecular weight is 291 g/mol. The molecule has 0 aliphatic carbocycles. The summed E-state index contributed by atoms with van der Waals surface area (Å²) in [5.41, 5.74) is 1.26. The van der Waals surface area contributed by atoms with Gasteiger partial charge in [0.15, 0.2) is 0 Å². The molecule has 1 aliphatic heterocycles. The van der Waals surface area contributed by atoms with Gasteiger partial charge in [-0.05, 0) is 51.2 Å². The number of likely N-dealkylation sites (tertiary alicyclic amines) is 1. The Hall–Kier alpha value is -1.71. The second-order valence-electron chi connectivity index (χ2n) is 5.66. The van der Waals surface area contributed by atoms with Crippen molar-refractivity contribution in [2.24, 2.45) is 0 Å². The maximum Gasteiger partial charge on any atom is 0.409 e. The van der Waals surface area contributed by atoms with Crippen LogP contribution in [0.15, 0.2) is 24.3 Å². The van der Waals surface area contributed by atoms with Crippen molar-refractivity contribution in [1.29, 1.82) is 0 Å². The molecule has 1 amide bonds. The van der Waals surface area contributed by atoms with Gasteiger partial charge in [-0.3, -0.25) is 0 Å². The van der Waals surface area contributed by atoms with Crippen LogP contribution < -0.4 is 4.74 Å². The number of carbonyl (C=O) groups excluding carboxylic acids is 1. The molecule has 0 aromatic heterocycles. The number of piperidine rings is 1. The highest BCUT2D eigenvalue weighted by Crippen LogP contribution is 2.34. The zero-order valence-electron chi connectivity index (χ0n) is 13.2. The minimum absolute atomic E-state index is 0.172. The Morgan fingerprint density at radius 1 is 1.29 bits per heavy atom. The number of hydrogen-bond acceptors (Lipinski definition) is 3. The Kier molecular flexibility index (Phi) is 5.48. The quantitative estimate of drug-likeness (QED) is 0.846. The number of hydrogen-bond donors (Lipinski definition) is 0. The number of nitrogens with zero attached hydrogens (tertiary/aromatic N) is 1. The largest absolute Gasteiger partial charge is 0.491 e. The predicted molar refractivity (Wildman–Crippen MR) is 82.8 cm³/mol. The van der Waals surface area contributed by atoms with Gasteiger partial charge in [-0.2, -0.15) is 0 Å². The molecule has 2 rings (SSSR count). The van der Waals surface area contributed by atoms with E-state index in [-0.39, 0.29) is 12.2 Å². The van der Waals surface area contributed by atoms with Crippen molar-refractivity contribution in [3.63, 3.8) is 0 Å². The third-order valence-corrected chi connectivity index (χ3v) is 3.74. The van der Waals surface area contributed by atoms with Gasteiger partial charge >= 0.3 is 6.09 Å². The Bertz CT molecular complexity index is 465. The first-order valence-electron chi connectivity index (χ1n) is 7.79. The van der Waals surface area contributed by atoms with Crippen LogP contribution in [0.4, 0.5) is 4.79 Å². The highest BCUT2D eigenvalue weighted by Gasteiger charge is 2.26. The number of benzene rings is 1. The topological polar surface area (TPSA) is 38.8 Å². The highest BCUT2D eigenvalue weighted by atomic mass is 16.6. The summed E-state index contributed by atoms with van der Waals surface area (Å²) < 4.78 is 11.0. The fraction of sp³-hybridized carbons (Fsp3) is 0.588. The van der Waals surface area contributed by atoms with Gasteiger partial charge in [0.25, 0.3) is 0 Å². The Balaban J connectivity index is 2.00. The fourth-order valence-electron chi connectivity index (χ4n) is 2.77. The molecule has 4 heteroatoms. The van der Waals surface area contributed by atoms with Crippen molar-refractivity contribution < 1.29 is 14.3 Å². The van der Waals surface area contributed by atoms with Crippen molar-refractivity contribution in [3.8, 4) is 5.75 Å². The zero-order chi connectivity index (χ0) is 15.2. The van der Waals surface area contributed by atoms with E-state index in [9.17, 15) is 4.79 Å². The average Bonchev–Trinajstić information content (AvgIpc) is 2.48. The monoisotopic (exact) mass is 291 g/mol. The number of para-hydroxylation sites is 1. The number of carbonyl (C=O) groups is 1. The minimum Gasteiger partial charge on any atom is -0.491 e. The Morgan fingerprint density at radius 2 is 1.95 bits per heavy atom. The molecule has 0 atom stereocenters. The number of amides is 1. The van der Waals surface area contributed by atoms with Crippen LogP contribution in [0.3, 0.4) is 0 Å². The van der Waals surface area contributed by atoms with Crippen LogP contribution in [-0.4, -0.2) is 36.8 Å². The van der Waals surface area contributed by atoms with Crippen LogP contribution >= 0.6 is 0 Å². The molecule has 0 N–H and O–H groups in total. The van der Waals surface area contributed by atoms with E-state index >= 15 is 0 Å². The van der Waals surface area contributed by atoms with Crippen molar-refractivity contribution in [3.05, 3.63) is 29.8 Å². The molecule has 0 unspecified atom stereocenters. The predicted octanol–water partition coefficient (Wildman–Crippen LogP) is 3.81. The van der Waals surface area contributed by atoms with Crippen molar-refractivity contribution in [1.82, 2.24) is 4.90 Å². The van der Waals surface area contributed by atoms with E-state index in [0.717, 1.165) is 31.7 Å². The summed E-state index contributed by atoms with van der Waals surface area (Å²) in [4.78, 5) is 13.5. The summed E-state index contributed by atoms with van der Waals surface area (Å²) in [5.74, 6) is 1.42. The van der Waals surface area contributed by atoms with Gasteiger partial charge in [0.1, 0.15) is 5.75 Å². The van der Waals surface area contributed by atoms with Crippen LogP contribution in [0.1, 0.15) is 45.1 Å². The fourth-order valence-corrected chi connectivity index (χ4v) is 2.77. The van der Waals surface area contributed by atoms with E-state index in [0.29, 0.717) is 12.5 Å². The van der Waals surface area contributed by atoms with E-state index < -0.39 is 0 Å². The molecule has 1 aromatic rings. The lowest BCUT2D eigenvalue weighted by molar-refractivity contribution is 0.0968. The van der Waals surface area contributed by atoms with Crippen molar-refractivity contribution in [2.75, 3.05) is 19.7 Å². The molecule has 1 saturated heterocycles. The van der Waals surface area contributed by atoms with Crippen LogP contribution in [0.5, 0.6) is 5.75 Å². The molecule has 1 fully saturated rings. The van der Waals surface area contributed by atoms with Gasteiger partial charge in [-0.1, -0.05) is 18.2 Å². The molecule has 0 radical (unpaired) electrons. The molecule has 0 spiro atoms. The second kappa shape index (κ2) is 7.34. The lowest BCUT2D eigenvalue weighted by Gasteiger charge is -2.32. The molecular weight excluding hydrogens is 266 g/mol. The molecule has 0 saturated carbocycles. The summed E-state index contributed by atoms with van der Waals surface area (Å²) in [7, 11) is 0. The number of rotatable bonds is 4. The molecule has 21 heavy (non-hydrogen) atoms. The normalized spacial score (nSPS) is 16.1. The van der Waals surface area contributed by atoms with Gasteiger partial charge in [0.05, 0.1) is 12.7 Å². The maximum absolute atomic E-state index is 11.7. The van der Waals surface area contributed by atoms with Crippen molar-refractivity contribution >= 4 is 6.09 Å². The van der Waals surface area contributed by atoms with Gasteiger partial charge in [0, 0.05) is 13.1 Å². The first-order valence-corrected chi connectivity index (χ1v) is 7.79. The van der Waals surface area contributed by atoms with Crippen LogP contribution in [0.25, 0.3) is 0 Å². The lowest BCUT2D eigenvalue weighted by atomic mass is 9.89. The highest BCUT2D eigenvalue weighted by molar-refractivity contribution is 5.67. The first kappa shape index (κ1) is 15.7. The summed E-state index contributed by atoms with van der Waals surface area (Å²) in [6.07, 6.45) is 1.89. The van der Waals surface area contributed by atoms with Crippen LogP contribution in [0.2, 0.25) is 0 Å². The second-order valence-corrected chi connectivity index (χ2v) is 5.66. The third kappa shape index (κ3) is 4.13. The molecule has 4 nitrogen and oxygen atoms in total. The minimum atomic E-state index is -0.192. The van der Waals surface area contributed by atoms with E-state index in [1.807, 2.05) is 32.9 Å².